The molecule has 0 saturated carbocycles. The molecule has 0 bridgehead atoms. The summed E-state index contributed by atoms with van der Waals surface area (Å²) in [6.07, 6.45) is 0. The standard InChI is InChI=1S/C16H18FNO/c1-3-19-16-10-14(17)7-8-15(16)18-11-13-6-4-5-12(2)9-13/h4-10,18H,3,11H2,1-2H3. The van der Waals surface area contributed by atoms with Gasteiger partial charge in [0.1, 0.15) is 11.6 Å². The van der Waals surface area contributed by atoms with Gasteiger partial charge in [-0.2, -0.15) is 0 Å². The number of benzene rings is 2. The van der Waals surface area contributed by atoms with Gasteiger partial charge in [-0.1, -0.05) is 29.8 Å². The molecule has 0 atom stereocenters. The fraction of sp³-hybridized carbons (Fsp3) is 0.250. The van der Waals surface area contributed by atoms with E-state index in [0.717, 1.165) is 5.69 Å². The van der Waals surface area contributed by atoms with Gasteiger partial charge in [-0.3, -0.25) is 0 Å². The molecule has 0 aliphatic rings. The van der Waals surface area contributed by atoms with Crippen molar-refractivity contribution in [1.82, 2.24) is 0 Å². The van der Waals surface area contributed by atoms with E-state index < -0.39 is 0 Å². The minimum absolute atomic E-state index is 0.287. The average Bonchev–Trinajstić information content (AvgIpc) is 2.38. The van der Waals surface area contributed by atoms with Gasteiger partial charge in [0.05, 0.1) is 12.3 Å². The summed E-state index contributed by atoms with van der Waals surface area (Å²) in [5.74, 6) is 0.264. The van der Waals surface area contributed by atoms with Crippen molar-refractivity contribution in [2.75, 3.05) is 11.9 Å². The van der Waals surface area contributed by atoms with Crippen LogP contribution in [-0.4, -0.2) is 6.61 Å². The van der Waals surface area contributed by atoms with Crippen LogP contribution in [0.1, 0.15) is 18.1 Å². The van der Waals surface area contributed by atoms with Crippen molar-refractivity contribution in [3.8, 4) is 5.75 Å². The number of anilines is 1. The van der Waals surface area contributed by atoms with Crippen molar-refractivity contribution in [3.63, 3.8) is 0 Å². The molecule has 0 heterocycles. The molecule has 2 aromatic carbocycles. The molecule has 0 radical (unpaired) electrons. The number of ether oxygens (including phenoxy) is 1. The maximum absolute atomic E-state index is 13.2. The molecular formula is C16H18FNO. The van der Waals surface area contributed by atoms with Crippen molar-refractivity contribution < 1.29 is 9.13 Å². The first-order valence-corrected chi connectivity index (χ1v) is 6.41. The normalized spacial score (nSPS) is 10.3. The molecule has 0 saturated heterocycles. The molecule has 2 rings (SSSR count). The molecule has 1 N–H and O–H groups in total. The highest BCUT2D eigenvalue weighted by atomic mass is 19.1. The summed E-state index contributed by atoms with van der Waals surface area (Å²) in [5, 5.41) is 3.28. The van der Waals surface area contributed by atoms with E-state index in [1.807, 2.05) is 13.0 Å². The molecule has 2 nitrogen and oxygen atoms in total. The zero-order chi connectivity index (χ0) is 13.7. The Morgan fingerprint density at radius 3 is 2.74 bits per heavy atom. The second-order valence-electron chi connectivity index (χ2n) is 4.42. The van der Waals surface area contributed by atoms with Crippen LogP contribution in [0.4, 0.5) is 10.1 Å². The van der Waals surface area contributed by atoms with E-state index in [1.165, 1.54) is 23.3 Å². The lowest BCUT2D eigenvalue weighted by molar-refractivity contribution is 0.340. The van der Waals surface area contributed by atoms with Crippen LogP contribution >= 0.6 is 0 Å². The van der Waals surface area contributed by atoms with Gasteiger partial charge in [0.25, 0.3) is 0 Å². The second-order valence-corrected chi connectivity index (χ2v) is 4.42. The van der Waals surface area contributed by atoms with Gasteiger partial charge >= 0.3 is 0 Å². The average molecular weight is 259 g/mol. The van der Waals surface area contributed by atoms with Crippen LogP contribution in [0.3, 0.4) is 0 Å². The van der Waals surface area contributed by atoms with Crippen molar-refractivity contribution in [2.24, 2.45) is 0 Å². The molecule has 19 heavy (non-hydrogen) atoms. The lowest BCUT2D eigenvalue weighted by atomic mass is 10.1. The summed E-state index contributed by atoms with van der Waals surface area (Å²) in [7, 11) is 0. The van der Waals surface area contributed by atoms with Crippen molar-refractivity contribution in [2.45, 2.75) is 20.4 Å². The summed E-state index contributed by atoms with van der Waals surface area (Å²) in [4.78, 5) is 0. The molecule has 3 heteroatoms. The van der Waals surface area contributed by atoms with Crippen molar-refractivity contribution in [1.29, 1.82) is 0 Å². The predicted molar refractivity (Wildman–Crippen MR) is 76.1 cm³/mol. The Morgan fingerprint density at radius 1 is 1.16 bits per heavy atom. The zero-order valence-electron chi connectivity index (χ0n) is 11.2. The van der Waals surface area contributed by atoms with E-state index >= 15 is 0 Å². The first-order chi connectivity index (χ1) is 9.19. The van der Waals surface area contributed by atoms with Gasteiger partial charge in [0, 0.05) is 12.6 Å². The van der Waals surface area contributed by atoms with E-state index in [0.29, 0.717) is 18.9 Å². The molecule has 100 valence electrons. The quantitative estimate of drug-likeness (QED) is 0.871. The number of rotatable bonds is 5. The van der Waals surface area contributed by atoms with Gasteiger partial charge < -0.3 is 10.1 Å². The minimum Gasteiger partial charge on any atom is -0.492 e. The zero-order valence-corrected chi connectivity index (χ0v) is 11.2. The molecule has 0 aliphatic carbocycles. The lowest BCUT2D eigenvalue weighted by Crippen LogP contribution is -2.03. The maximum Gasteiger partial charge on any atom is 0.145 e. The minimum atomic E-state index is -0.287. The van der Waals surface area contributed by atoms with Crippen LogP contribution in [0.2, 0.25) is 0 Å². The highest BCUT2D eigenvalue weighted by Crippen LogP contribution is 2.26. The largest absolute Gasteiger partial charge is 0.492 e. The van der Waals surface area contributed by atoms with E-state index in [4.69, 9.17) is 4.74 Å². The van der Waals surface area contributed by atoms with E-state index in [9.17, 15) is 4.39 Å². The Kier molecular flexibility index (Phi) is 4.39. The first-order valence-electron chi connectivity index (χ1n) is 6.41. The number of aryl methyl sites for hydroxylation is 1. The third kappa shape index (κ3) is 3.71. The smallest absolute Gasteiger partial charge is 0.145 e. The Morgan fingerprint density at radius 2 is 2.00 bits per heavy atom. The number of nitrogens with one attached hydrogen (secondary N) is 1. The van der Waals surface area contributed by atoms with Crippen LogP contribution in [0, 0.1) is 12.7 Å². The fourth-order valence-corrected chi connectivity index (χ4v) is 1.94. The predicted octanol–water partition coefficient (Wildman–Crippen LogP) is 4.14. The Balaban J connectivity index is 2.10. The van der Waals surface area contributed by atoms with Crippen molar-refractivity contribution in [3.05, 3.63) is 59.4 Å². The van der Waals surface area contributed by atoms with Crippen molar-refractivity contribution >= 4 is 5.69 Å². The monoisotopic (exact) mass is 259 g/mol. The van der Waals surface area contributed by atoms with Crippen LogP contribution in [-0.2, 0) is 6.54 Å². The fourth-order valence-electron chi connectivity index (χ4n) is 1.94. The third-order valence-corrected chi connectivity index (χ3v) is 2.81. The molecular weight excluding hydrogens is 241 g/mol. The summed E-state index contributed by atoms with van der Waals surface area (Å²) >= 11 is 0. The van der Waals surface area contributed by atoms with Gasteiger partial charge in [-0.15, -0.1) is 0 Å². The number of halogens is 1. The highest BCUT2D eigenvalue weighted by molar-refractivity contribution is 5.56. The van der Waals surface area contributed by atoms with E-state index in [1.54, 1.807) is 6.07 Å². The molecule has 0 amide bonds. The third-order valence-electron chi connectivity index (χ3n) is 2.81. The Labute approximate surface area is 113 Å². The van der Waals surface area contributed by atoms with Gasteiger partial charge in [-0.25, -0.2) is 4.39 Å². The summed E-state index contributed by atoms with van der Waals surface area (Å²) in [5.41, 5.74) is 3.22. The van der Waals surface area contributed by atoms with E-state index in [-0.39, 0.29) is 5.82 Å². The van der Waals surface area contributed by atoms with Gasteiger partial charge in [0.15, 0.2) is 0 Å². The molecule has 0 fully saturated rings. The van der Waals surface area contributed by atoms with Crippen LogP contribution in [0.5, 0.6) is 5.75 Å². The van der Waals surface area contributed by atoms with E-state index in [2.05, 4.69) is 30.4 Å². The summed E-state index contributed by atoms with van der Waals surface area (Å²) in [6.45, 7) is 5.15. The SMILES string of the molecule is CCOc1cc(F)ccc1NCc1cccc(C)c1. The van der Waals surface area contributed by atoms with Gasteiger partial charge in [-0.05, 0) is 31.5 Å². The molecule has 0 aliphatic heterocycles. The summed E-state index contributed by atoms with van der Waals surface area (Å²) in [6, 6.07) is 12.8. The molecule has 0 spiro atoms. The first kappa shape index (κ1) is 13.4. The highest BCUT2D eigenvalue weighted by Gasteiger charge is 2.05. The molecule has 0 unspecified atom stereocenters. The van der Waals surface area contributed by atoms with Crippen LogP contribution < -0.4 is 10.1 Å². The number of hydrogen-bond donors (Lipinski definition) is 1. The number of hydrogen-bond acceptors (Lipinski definition) is 2. The molecule has 2 aromatic rings. The lowest BCUT2D eigenvalue weighted by Gasteiger charge is -2.12. The van der Waals surface area contributed by atoms with Crippen LogP contribution in [0.25, 0.3) is 0 Å². The Bertz CT molecular complexity index is 554. The Hall–Kier alpha value is -2.03. The topological polar surface area (TPSA) is 21.3 Å². The van der Waals surface area contributed by atoms with Gasteiger partial charge in [0.2, 0.25) is 0 Å². The summed E-state index contributed by atoms with van der Waals surface area (Å²) < 4.78 is 18.6. The van der Waals surface area contributed by atoms with Crippen LogP contribution in [0.15, 0.2) is 42.5 Å². The maximum atomic E-state index is 13.2. The second kappa shape index (κ2) is 6.23. The molecule has 0 aromatic heterocycles.